The van der Waals surface area contributed by atoms with Crippen LogP contribution in [0.5, 0.6) is 0 Å². The van der Waals surface area contributed by atoms with Crippen molar-refractivity contribution in [3.8, 4) is 0 Å². The molecule has 1 amide bonds. The minimum absolute atomic E-state index is 0.160. The van der Waals surface area contributed by atoms with E-state index in [1.807, 2.05) is 79.7 Å². The first-order valence-corrected chi connectivity index (χ1v) is 11.0. The average Bonchev–Trinajstić information content (AvgIpc) is 3.16. The number of benzene rings is 3. The lowest BCUT2D eigenvalue weighted by atomic mass is 9.94. The highest BCUT2D eigenvalue weighted by Gasteiger charge is 2.34. The van der Waals surface area contributed by atoms with Crippen molar-refractivity contribution in [2.45, 2.75) is 26.3 Å². The molecular weight excluding hydrogens is 420 g/mol. The fourth-order valence-corrected chi connectivity index (χ4v) is 4.47. The summed E-state index contributed by atoms with van der Waals surface area (Å²) in [5, 5.41) is 7.04. The van der Waals surface area contributed by atoms with E-state index in [4.69, 9.17) is 16.6 Å². The SMILES string of the molecule is CCc1ccc(NC(=O)C2=C(C)Nc3nc4ccccc4n3C2c2cccc(Cl)c2)cc1. The molecule has 1 aliphatic rings. The number of hydrogen-bond acceptors (Lipinski definition) is 3. The number of allylic oxidation sites excluding steroid dienone is 1. The topological polar surface area (TPSA) is 59.0 Å². The van der Waals surface area contributed by atoms with Gasteiger partial charge in [-0.25, -0.2) is 4.98 Å². The molecule has 0 saturated heterocycles. The van der Waals surface area contributed by atoms with Crippen molar-refractivity contribution in [2.75, 3.05) is 10.6 Å². The smallest absolute Gasteiger partial charge is 0.255 e. The zero-order chi connectivity index (χ0) is 22.2. The zero-order valence-electron chi connectivity index (χ0n) is 17.9. The van der Waals surface area contributed by atoms with E-state index in [2.05, 4.69) is 22.1 Å². The molecule has 1 aliphatic heterocycles. The van der Waals surface area contributed by atoms with Gasteiger partial charge in [-0.3, -0.25) is 9.36 Å². The molecule has 2 N–H and O–H groups in total. The minimum Gasteiger partial charge on any atom is -0.329 e. The van der Waals surface area contributed by atoms with Crippen molar-refractivity contribution in [3.05, 3.63) is 100 Å². The fourth-order valence-electron chi connectivity index (χ4n) is 4.27. The van der Waals surface area contributed by atoms with Crippen molar-refractivity contribution in [1.82, 2.24) is 9.55 Å². The van der Waals surface area contributed by atoms with Gasteiger partial charge in [0.2, 0.25) is 5.95 Å². The maximum atomic E-state index is 13.6. The lowest BCUT2D eigenvalue weighted by molar-refractivity contribution is -0.113. The van der Waals surface area contributed by atoms with Crippen LogP contribution < -0.4 is 10.6 Å². The second-order valence-corrected chi connectivity index (χ2v) is 8.36. The van der Waals surface area contributed by atoms with Gasteiger partial charge in [0.1, 0.15) is 0 Å². The van der Waals surface area contributed by atoms with Gasteiger partial charge in [-0.05, 0) is 60.9 Å². The quantitative estimate of drug-likeness (QED) is 0.396. The predicted octanol–water partition coefficient (Wildman–Crippen LogP) is 6.18. The largest absolute Gasteiger partial charge is 0.329 e. The number of nitrogens with zero attached hydrogens (tertiary/aromatic N) is 2. The molecule has 0 bridgehead atoms. The highest BCUT2D eigenvalue weighted by molar-refractivity contribution is 6.30. The number of anilines is 2. The summed E-state index contributed by atoms with van der Waals surface area (Å²) in [6, 6.07) is 23.2. The van der Waals surface area contributed by atoms with Crippen LogP contribution in [0.15, 0.2) is 84.1 Å². The predicted molar refractivity (Wildman–Crippen MR) is 130 cm³/mol. The summed E-state index contributed by atoms with van der Waals surface area (Å²) in [4.78, 5) is 18.3. The van der Waals surface area contributed by atoms with Crippen LogP contribution in [0.4, 0.5) is 11.6 Å². The van der Waals surface area contributed by atoms with Crippen LogP contribution in [-0.4, -0.2) is 15.5 Å². The van der Waals surface area contributed by atoms with Crippen molar-refractivity contribution in [3.63, 3.8) is 0 Å². The summed E-state index contributed by atoms with van der Waals surface area (Å²) in [7, 11) is 0. The summed E-state index contributed by atoms with van der Waals surface area (Å²) in [6.07, 6.45) is 0.954. The summed E-state index contributed by atoms with van der Waals surface area (Å²) in [5.41, 5.74) is 6.12. The number of imidazole rings is 1. The van der Waals surface area contributed by atoms with Gasteiger partial charge in [0.05, 0.1) is 22.6 Å². The molecule has 1 unspecified atom stereocenters. The first-order chi connectivity index (χ1) is 15.5. The molecule has 6 heteroatoms. The molecule has 2 heterocycles. The van der Waals surface area contributed by atoms with Crippen molar-refractivity contribution in [1.29, 1.82) is 0 Å². The summed E-state index contributed by atoms with van der Waals surface area (Å²) >= 11 is 6.35. The monoisotopic (exact) mass is 442 g/mol. The van der Waals surface area contributed by atoms with Gasteiger partial charge < -0.3 is 10.6 Å². The van der Waals surface area contributed by atoms with E-state index in [-0.39, 0.29) is 11.9 Å². The van der Waals surface area contributed by atoms with E-state index in [0.717, 1.165) is 34.4 Å². The highest BCUT2D eigenvalue weighted by Crippen LogP contribution is 2.40. The average molecular weight is 443 g/mol. The number of aryl methyl sites for hydroxylation is 1. The molecule has 5 rings (SSSR count). The van der Waals surface area contributed by atoms with Crippen LogP contribution in [0.25, 0.3) is 11.0 Å². The van der Waals surface area contributed by atoms with Crippen LogP contribution in [0, 0.1) is 0 Å². The Bertz CT molecular complexity index is 1350. The molecule has 0 radical (unpaired) electrons. The van der Waals surface area contributed by atoms with E-state index >= 15 is 0 Å². The lowest BCUT2D eigenvalue weighted by Crippen LogP contribution is -2.30. The first-order valence-electron chi connectivity index (χ1n) is 10.7. The number of nitrogens with one attached hydrogen (secondary N) is 2. The maximum Gasteiger partial charge on any atom is 0.255 e. The number of amides is 1. The third-order valence-electron chi connectivity index (χ3n) is 5.86. The number of hydrogen-bond donors (Lipinski definition) is 2. The second kappa shape index (κ2) is 8.17. The molecule has 0 aliphatic carbocycles. The number of carbonyl (C=O) groups excluding carboxylic acids is 1. The molecule has 4 aromatic rings. The molecular formula is C26H23ClN4O. The molecule has 32 heavy (non-hydrogen) atoms. The van der Waals surface area contributed by atoms with Gasteiger partial charge in [0.15, 0.2) is 0 Å². The zero-order valence-corrected chi connectivity index (χ0v) is 18.6. The van der Waals surface area contributed by atoms with Crippen molar-refractivity contribution < 1.29 is 4.79 Å². The Labute approximate surface area is 191 Å². The third-order valence-corrected chi connectivity index (χ3v) is 6.09. The third kappa shape index (κ3) is 3.55. The van der Waals surface area contributed by atoms with E-state index in [1.54, 1.807) is 0 Å². The van der Waals surface area contributed by atoms with Gasteiger partial charge in [0.25, 0.3) is 5.91 Å². The van der Waals surface area contributed by atoms with E-state index in [1.165, 1.54) is 5.56 Å². The number of para-hydroxylation sites is 2. The van der Waals surface area contributed by atoms with Gasteiger partial charge in [-0.1, -0.05) is 54.9 Å². The first kappa shape index (κ1) is 20.3. The molecule has 0 fully saturated rings. The molecule has 3 aromatic carbocycles. The van der Waals surface area contributed by atoms with Crippen molar-refractivity contribution in [2.24, 2.45) is 0 Å². The van der Waals surface area contributed by atoms with Crippen LogP contribution in [-0.2, 0) is 11.2 Å². The number of halogens is 1. The normalized spacial score (nSPS) is 15.4. The molecule has 0 spiro atoms. The van der Waals surface area contributed by atoms with Gasteiger partial charge in [-0.2, -0.15) is 0 Å². The maximum absolute atomic E-state index is 13.6. The van der Waals surface area contributed by atoms with E-state index in [9.17, 15) is 4.79 Å². The Balaban J connectivity index is 1.63. The van der Waals surface area contributed by atoms with Crippen LogP contribution in [0.2, 0.25) is 5.02 Å². The number of carbonyl (C=O) groups is 1. The summed E-state index contributed by atoms with van der Waals surface area (Å²) < 4.78 is 2.07. The lowest BCUT2D eigenvalue weighted by Gasteiger charge is -2.30. The van der Waals surface area contributed by atoms with Crippen LogP contribution in [0.1, 0.15) is 31.0 Å². The Morgan fingerprint density at radius 2 is 1.88 bits per heavy atom. The fraction of sp³-hybridized carbons (Fsp3) is 0.154. The van der Waals surface area contributed by atoms with Crippen molar-refractivity contribution >= 4 is 40.2 Å². The molecule has 1 atom stereocenters. The number of rotatable bonds is 4. The standard InChI is InChI=1S/C26H23ClN4O/c1-3-17-11-13-20(14-12-17)29-25(32)23-16(2)28-26-30-21-9-4-5-10-22(21)31(26)24(23)18-7-6-8-19(27)15-18/h4-15,24H,3H2,1-2H3,(H,28,30)(H,29,32). The highest BCUT2D eigenvalue weighted by atomic mass is 35.5. The Morgan fingerprint density at radius 1 is 1.09 bits per heavy atom. The van der Waals surface area contributed by atoms with E-state index < -0.39 is 0 Å². The summed E-state index contributed by atoms with van der Waals surface area (Å²) in [5.74, 6) is 0.546. The van der Waals surface area contributed by atoms with E-state index in [0.29, 0.717) is 16.5 Å². The van der Waals surface area contributed by atoms with Crippen LogP contribution >= 0.6 is 11.6 Å². The Morgan fingerprint density at radius 3 is 2.62 bits per heavy atom. The number of fused-ring (bicyclic) bond motifs is 3. The molecule has 0 saturated carbocycles. The molecule has 1 aromatic heterocycles. The van der Waals surface area contributed by atoms with Gasteiger partial charge >= 0.3 is 0 Å². The van der Waals surface area contributed by atoms with Crippen LogP contribution in [0.3, 0.4) is 0 Å². The van der Waals surface area contributed by atoms with Gasteiger partial charge in [0, 0.05) is 16.4 Å². The summed E-state index contributed by atoms with van der Waals surface area (Å²) in [6.45, 7) is 4.02. The molecule has 160 valence electrons. The Hall–Kier alpha value is -3.57. The second-order valence-electron chi connectivity index (χ2n) is 7.92. The number of aromatic nitrogens is 2. The van der Waals surface area contributed by atoms with Gasteiger partial charge in [-0.15, -0.1) is 0 Å². The Kier molecular flexibility index (Phi) is 5.19. The minimum atomic E-state index is -0.368. The molecule has 5 nitrogen and oxygen atoms in total.